The van der Waals surface area contributed by atoms with Crippen molar-refractivity contribution in [3.63, 3.8) is 0 Å². The summed E-state index contributed by atoms with van der Waals surface area (Å²) in [6, 6.07) is 12.9. The van der Waals surface area contributed by atoms with Crippen molar-refractivity contribution < 1.29 is 14.6 Å². The molecule has 0 aliphatic carbocycles. The van der Waals surface area contributed by atoms with Gasteiger partial charge in [-0.2, -0.15) is 0 Å². The fourth-order valence-electron chi connectivity index (χ4n) is 2.58. The Hall–Kier alpha value is -3.02. The lowest BCUT2D eigenvalue weighted by Gasteiger charge is -2.13. The molecule has 1 aromatic heterocycles. The van der Waals surface area contributed by atoms with E-state index >= 15 is 0 Å². The number of benzene rings is 2. The Kier molecular flexibility index (Phi) is 4.65. The first-order valence-electron chi connectivity index (χ1n) is 7.61. The van der Waals surface area contributed by atoms with E-state index in [1.807, 2.05) is 41.0 Å². The van der Waals surface area contributed by atoms with Crippen LogP contribution in [0.5, 0.6) is 17.2 Å². The zero-order valence-electron chi connectivity index (χ0n) is 13.6. The summed E-state index contributed by atoms with van der Waals surface area (Å²) < 4.78 is 12.6. The number of hydrogen-bond donors (Lipinski definition) is 1. The average molecular weight is 325 g/mol. The number of methoxy groups -OCH3 is 2. The second-order valence-corrected chi connectivity index (χ2v) is 5.28. The summed E-state index contributed by atoms with van der Waals surface area (Å²) in [6.45, 7) is 0. The number of aryl methyl sites for hydroxylation is 2. The van der Waals surface area contributed by atoms with Crippen molar-refractivity contribution in [3.8, 4) is 22.9 Å². The summed E-state index contributed by atoms with van der Waals surface area (Å²) in [6.07, 6.45) is 2.95. The van der Waals surface area contributed by atoms with Crippen LogP contribution in [-0.4, -0.2) is 34.1 Å². The third kappa shape index (κ3) is 3.17. The highest BCUT2D eigenvalue weighted by Crippen LogP contribution is 2.28. The van der Waals surface area contributed by atoms with Crippen molar-refractivity contribution in [2.24, 2.45) is 0 Å². The molecule has 3 rings (SSSR count). The number of nitrogens with zero attached hydrogens (tertiary/aromatic N) is 3. The van der Waals surface area contributed by atoms with Gasteiger partial charge in [0.05, 0.1) is 19.9 Å². The lowest BCUT2D eigenvalue weighted by Crippen LogP contribution is -2.05. The van der Waals surface area contributed by atoms with Crippen LogP contribution in [0.15, 0.2) is 48.8 Å². The molecule has 0 bridgehead atoms. The summed E-state index contributed by atoms with van der Waals surface area (Å²) in [7, 11) is 3.24. The van der Waals surface area contributed by atoms with Crippen molar-refractivity contribution in [3.05, 3.63) is 60.2 Å². The number of aromatic nitrogens is 3. The molecule has 0 fully saturated rings. The maximum Gasteiger partial charge on any atom is 0.143 e. The van der Waals surface area contributed by atoms with E-state index in [0.29, 0.717) is 24.3 Å². The quantitative estimate of drug-likeness (QED) is 0.755. The van der Waals surface area contributed by atoms with Crippen LogP contribution in [0.25, 0.3) is 5.69 Å². The zero-order chi connectivity index (χ0) is 16.9. The minimum atomic E-state index is 0.294. The summed E-state index contributed by atoms with van der Waals surface area (Å²) in [4.78, 5) is 0. The van der Waals surface area contributed by atoms with Crippen LogP contribution in [-0.2, 0) is 12.8 Å². The first-order valence-corrected chi connectivity index (χ1v) is 7.61. The smallest absolute Gasteiger partial charge is 0.143 e. The summed E-state index contributed by atoms with van der Waals surface area (Å²) >= 11 is 0. The Labute approximate surface area is 140 Å². The summed E-state index contributed by atoms with van der Waals surface area (Å²) in [5.74, 6) is 2.51. The number of aromatic hydroxyl groups is 1. The fraction of sp³-hybridized carbons (Fsp3) is 0.222. The zero-order valence-corrected chi connectivity index (χ0v) is 13.6. The van der Waals surface area contributed by atoms with Crippen LogP contribution in [0.1, 0.15) is 11.4 Å². The highest BCUT2D eigenvalue weighted by atomic mass is 16.5. The normalized spacial score (nSPS) is 10.6. The number of hydrogen-bond acceptors (Lipinski definition) is 5. The van der Waals surface area contributed by atoms with Gasteiger partial charge in [-0.25, -0.2) is 0 Å². The fourth-order valence-corrected chi connectivity index (χ4v) is 2.58. The molecule has 0 aliphatic rings. The molecule has 124 valence electrons. The molecular formula is C18H19N3O3. The molecule has 0 saturated heterocycles. The average Bonchev–Trinajstić information content (AvgIpc) is 3.09. The van der Waals surface area contributed by atoms with Crippen LogP contribution in [0.3, 0.4) is 0 Å². The molecule has 2 aromatic carbocycles. The second kappa shape index (κ2) is 7.04. The van der Waals surface area contributed by atoms with Gasteiger partial charge in [-0.1, -0.05) is 18.2 Å². The molecule has 0 radical (unpaired) electrons. The highest BCUT2D eigenvalue weighted by molar-refractivity contribution is 5.51. The molecule has 1 N–H and O–H groups in total. The number of para-hydroxylation sites is 1. The topological polar surface area (TPSA) is 69.4 Å². The predicted octanol–water partition coefficient (Wildman–Crippen LogP) is 2.78. The Balaban J connectivity index is 1.89. The van der Waals surface area contributed by atoms with Crippen LogP contribution >= 0.6 is 0 Å². The van der Waals surface area contributed by atoms with E-state index in [0.717, 1.165) is 22.8 Å². The van der Waals surface area contributed by atoms with Gasteiger partial charge >= 0.3 is 0 Å². The summed E-state index contributed by atoms with van der Waals surface area (Å²) in [5, 5.41) is 18.1. The Morgan fingerprint density at radius 3 is 2.62 bits per heavy atom. The number of rotatable bonds is 6. The Morgan fingerprint density at radius 1 is 1.04 bits per heavy atom. The SMILES string of the molecule is COc1ccc(OC)c(-n2cnnc2CCc2ccccc2O)c1. The van der Waals surface area contributed by atoms with Crippen molar-refractivity contribution in [2.45, 2.75) is 12.8 Å². The molecule has 0 saturated carbocycles. The molecule has 0 aliphatic heterocycles. The van der Waals surface area contributed by atoms with Gasteiger partial charge in [0.15, 0.2) is 0 Å². The molecule has 3 aromatic rings. The molecule has 6 nitrogen and oxygen atoms in total. The van der Waals surface area contributed by atoms with Gasteiger partial charge in [-0.3, -0.25) is 4.57 Å². The largest absolute Gasteiger partial charge is 0.508 e. The van der Waals surface area contributed by atoms with Crippen molar-refractivity contribution >= 4 is 0 Å². The highest BCUT2D eigenvalue weighted by Gasteiger charge is 2.13. The Morgan fingerprint density at radius 2 is 1.88 bits per heavy atom. The van der Waals surface area contributed by atoms with E-state index in [2.05, 4.69) is 10.2 Å². The first-order chi connectivity index (χ1) is 11.7. The van der Waals surface area contributed by atoms with Crippen molar-refractivity contribution in [1.29, 1.82) is 0 Å². The van der Waals surface area contributed by atoms with E-state index in [1.165, 1.54) is 0 Å². The van der Waals surface area contributed by atoms with Crippen molar-refractivity contribution in [1.82, 2.24) is 14.8 Å². The van der Waals surface area contributed by atoms with E-state index < -0.39 is 0 Å². The van der Waals surface area contributed by atoms with Gasteiger partial charge in [0.1, 0.15) is 29.4 Å². The van der Waals surface area contributed by atoms with Gasteiger partial charge in [-0.15, -0.1) is 10.2 Å². The van der Waals surface area contributed by atoms with Gasteiger partial charge in [0, 0.05) is 12.5 Å². The van der Waals surface area contributed by atoms with Gasteiger partial charge in [-0.05, 0) is 30.2 Å². The van der Waals surface area contributed by atoms with Gasteiger partial charge < -0.3 is 14.6 Å². The maximum absolute atomic E-state index is 9.90. The van der Waals surface area contributed by atoms with E-state index in [-0.39, 0.29) is 0 Å². The molecule has 0 atom stereocenters. The number of phenols is 1. The van der Waals surface area contributed by atoms with Crippen LogP contribution in [0.2, 0.25) is 0 Å². The van der Waals surface area contributed by atoms with Crippen LogP contribution in [0.4, 0.5) is 0 Å². The number of phenolic OH excluding ortho intramolecular Hbond substituents is 1. The van der Waals surface area contributed by atoms with Crippen LogP contribution in [0, 0.1) is 0 Å². The monoisotopic (exact) mass is 325 g/mol. The molecule has 0 amide bonds. The number of ether oxygens (including phenoxy) is 2. The van der Waals surface area contributed by atoms with E-state index in [9.17, 15) is 5.11 Å². The second-order valence-electron chi connectivity index (χ2n) is 5.28. The van der Waals surface area contributed by atoms with Crippen LogP contribution < -0.4 is 9.47 Å². The summed E-state index contributed by atoms with van der Waals surface area (Å²) in [5.41, 5.74) is 1.69. The molecule has 1 heterocycles. The predicted molar refractivity (Wildman–Crippen MR) is 90.0 cm³/mol. The van der Waals surface area contributed by atoms with E-state index in [1.54, 1.807) is 26.6 Å². The molecule has 24 heavy (non-hydrogen) atoms. The van der Waals surface area contributed by atoms with E-state index in [4.69, 9.17) is 9.47 Å². The molecular weight excluding hydrogens is 306 g/mol. The molecule has 0 spiro atoms. The van der Waals surface area contributed by atoms with Gasteiger partial charge in [0.25, 0.3) is 0 Å². The third-order valence-electron chi connectivity index (χ3n) is 3.87. The maximum atomic E-state index is 9.90. The lowest BCUT2D eigenvalue weighted by atomic mass is 10.1. The van der Waals surface area contributed by atoms with Gasteiger partial charge in [0.2, 0.25) is 0 Å². The standard InChI is InChI=1S/C18H19N3O3/c1-23-14-8-9-17(24-2)15(11-14)21-12-19-20-18(21)10-7-13-5-3-4-6-16(13)22/h3-6,8-9,11-12,22H,7,10H2,1-2H3. The Bertz CT molecular complexity index is 830. The third-order valence-corrected chi connectivity index (χ3v) is 3.87. The minimum Gasteiger partial charge on any atom is -0.508 e. The molecule has 0 unspecified atom stereocenters. The first kappa shape index (κ1) is 15.9. The minimum absolute atomic E-state index is 0.294. The lowest BCUT2D eigenvalue weighted by molar-refractivity contribution is 0.401. The van der Waals surface area contributed by atoms with Crippen molar-refractivity contribution in [2.75, 3.05) is 14.2 Å². The molecule has 6 heteroatoms.